The first kappa shape index (κ1) is 17.9. The van der Waals surface area contributed by atoms with Crippen molar-refractivity contribution in [2.45, 2.75) is 18.4 Å². The van der Waals surface area contributed by atoms with E-state index in [4.69, 9.17) is 0 Å². The Hall–Kier alpha value is -2.46. The van der Waals surface area contributed by atoms with Crippen LogP contribution in [0.5, 0.6) is 0 Å². The van der Waals surface area contributed by atoms with Gasteiger partial charge < -0.3 is 4.90 Å². The van der Waals surface area contributed by atoms with Crippen LogP contribution in [0, 0.1) is 11.8 Å². The number of piperidine rings is 3. The molecule has 4 heteroatoms. The summed E-state index contributed by atoms with van der Waals surface area (Å²) in [6.45, 7) is 1.56. The highest BCUT2D eigenvalue weighted by Crippen LogP contribution is 2.42. The zero-order valence-corrected chi connectivity index (χ0v) is 15.9. The van der Waals surface area contributed by atoms with Crippen molar-refractivity contribution in [1.82, 2.24) is 9.80 Å². The van der Waals surface area contributed by atoms with Gasteiger partial charge in [-0.3, -0.25) is 14.5 Å². The molecule has 0 aromatic heterocycles. The third-order valence-corrected chi connectivity index (χ3v) is 6.09. The van der Waals surface area contributed by atoms with Crippen LogP contribution in [0.2, 0.25) is 0 Å². The number of nitrogens with zero attached hydrogens (tertiary/aromatic N) is 2. The van der Waals surface area contributed by atoms with Crippen LogP contribution < -0.4 is 0 Å². The molecule has 27 heavy (non-hydrogen) atoms. The van der Waals surface area contributed by atoms with Crippen LogP contribution in [0.1, 0.15) is 23.5 Å². The fourth-order valence-corrected chi connectivity index (χ4v) is 4.80. The van der Waals surface area contributed by atoms with Crippen LogP contribution >= 0.6 is 0 Å². The minimum absolute atomic E-state index is 0.00175. The number of rotatable bonds is 4. The van der Waals surface area contributed by atoms with Gasteiger partial charge in [-0.15, -0.1) is 0 Å². The first-order valence-corrected chi connectivity index (χ1v) is 9.66. The van der Waals surface area contributed by atoms with Gasteiger partial charge in [-0.1, -0.05) is 60.7 Å². The van der Waals surface area contributed by atoms with Gasteiger partial charge >= 0.3 is 0 Å². The first-order chi connectivity index (χ1) is 13.1. The Balaban J connectivity index is 1.72. The van der Waals surface area contributed by atoms with E-state index in [1.165, 1.54) is 0 Å². The molecule has 0 radical (unpaired) electrons. The molecule has 0 spiro atoms. The molecule has 2 aromatic carbocycles. The predicted molar refractivity (Wildman–Crippen MR) is 105 cm³/mol. The molecule has 3 saturated heterocycles. The Labute approximate surface area is 160 Å². The SMILES string of the molecule is CN(C)C(=O)[C@H]1CN2CC[C@@H]1C(=O)C2C(c1ccccc1)c1ccccc1. The van der Waals surface area contributed by atoms with Crippen LogP contribution in [0.3, 0.4) is 0 Å². The molecule has 2 unspecified atom stereocenters. The van der Waals surface area contributed by atoms with Gasteiger partial charge in [0.05, 0.1) is 12.0 Å². The van der Waals surface area contributed by atoms with Crippen LogP contribution in [0.25, 0.3) is 0 Å². The number of ketones is 1. The number of hydrogen-bond acceptors (Lipinski definition) is 3. The van der Waals surface area contributed by atoms with Gasteiger partial charge in [0.25, 0.3) is 0 Å². The normalized spacial score (nSPS) is 27.0. The highest BCUT2D eigenvalue weighted by molar-refractivity contribution is 5.95. The average Bonchev–Trinajstić information content (AvgIpc) is 2.71. The van der Waals surface area contributed by atoms with Crippen LogP contribution in [0.4, 0.5) is 0 Å². The predicted octanol–water partition coefficient (Wildman–Crippen LogP) is 2.80. The van der Waals surface area contributed by atoms with E-state index in [2.05, 4.69) is 29.2 Å². The van der Waals surface area contributed by atoms with Crippen molar-refractivity contribution in [3.8, 4) is 0 Å². The summed E-state index contributed by atoms with van der Waals surface area (Å²) in [5.74, 6) is -0.0643. The largest absolute Gasteiger partial charge is 0.349 e. The molecule has 1 amide bonds. The summed E-state index contributed by atoms with van der Waals surface area (Å²) in [5.41, 5.74) is 2.31. The van der Waals surface area contributed by atoms with Crippen molar-refractivity contribution in [2.75, 3.05) is 27.2 Å². The van der Waals surface area contributed by atoms with Crippen LogP contribution in [-0.2, 0) is 9.59 Å². The molecule has 3 fully saturated rings. The summed E-state index contributed by atoms with van der Waals surface area (Å²) in [7, 11) is 3.55. The van der Waals surface area contributed by atoms with Crippen LogP contribution in [0.15, 0.2) is 60.7 Å². The maximum absolute atomic E-state index is 13.5. The molecular weight excluding hydrogens is 336 g/mol. The molecule has 4 nitrogen and oxygen atoms in total. The Kier molecular flexibility index (Phi) is 4.83. The van der Waals surface area contributed by atoms with E-state index in [-0.39, 0.29) is 35.5 Å². The third-order valence-electron chi connectivity index (χ3n) is 6.09. The van der Waals surface area contributed by atoms with Crippen molar-refractivity contribution < 1.29 is 9.59 Å². The summed E-state index contributed by atoms with van der Waals surface area (Å²) >= 11 is 0. The van der Waals surface area contributed by atoms with Crippen LogP contribution in [-0.4, -0.2) is 54.7 Å². The molecule has 140 valence electrons. The first-order valence-electron chi connectivity index (χ1n) is 9.66. The van der Waals surface area contributed by atoms with E-state index < -0.39 is 0 Å². The second-order valence-electron chi connectivity index (χ2n) is 7.88. The van der Waals surface area contributed by atoms with E-state index >= 15 is 0 Å². The molecule has 0 N–H and O–H groups in total. The minimum atomic E-state index is -0.204. The maximum Gasteiger partial charge on any atom is 0.227 e. The van der Waals surface area contributed by atoms with Gasteiger partial charge in [0.2, 0.25) is 5.91 Å². The highest BCUT2D eigenvalue weighted by Gasteiger charge is 2.52. The highest BCUT2D eigenvalue weighted by atomic mass is 16.2. The topological polar surface area (TPSA) is 40.6 Å². The average molecular weight is 362 g/mol. The number of carbonyl (C=O) groups excluding carboxylic acids is 2. The van der Waals surface area contributed by atoms with Gasteiger partial charge in [0.15, 0.2) is 5.78 Å². The van der Waals surface area contributed by atoms with E-state index in [0.29, 0.717) is 6.54 Å². The number of Topliss-reactive ketones (excluding diaryl/α,β-unsaturated/α-hetero) is 1. The Morgan fingerprint density at radius 3 is 2.04 bits per heavy atom. The van der Waals surface area contributed by atoms with Crippen molar-refractivity contribution in [3.63, 3.8) is 0 Å². The minimum Gasteiger partial charge on any atom is -0.349 e. The quantitative estimate of drug-likeness (QED) is 0.840. The van der Waals surface area contributed by atoms with Crippen molar-refractivity contribution >= 4 is 11.7 Å². The molecule has 4 atom stereocenters. The molecule has 2 aromatic rings. The van der Waals surface area contributed by atoms with E-state index in [0.717, 1.165) is 24.1 Å². The number of amides is 1. The molecule has 2 bridgehead atoms. The summed E-state index contributed by atoms with van der Waals surface area (Å²) < 4.78 is 0. The second-order valence-corrected chi connectivity index (χ2v) is 7.88. The molecule has 5 rings (SSSR count). The molecule has 3 aliphatic heterocycles. The number of fused-ring (bicyclic) bond motifs is 3. The van der Waals surface area contributed by atoms with E-state index in [1.807, 2.05) is 36.4 Å². The molecule has 3 aliphatic rings. The fraction of sp³-hybridized carbons (Fsp3) is 0.391. The smallest absolute Gasteiger partial charge is 0.227 e. The second kappa shape index (κ2) is 7.28. The molecular formula is C23H26N2O2. The van der Waals surface area contributed by atoms with Gasteiger partial charge in [0, 0.05) is 32.5 Å². The lowest BCUT2D eigenvalue weighted by atomic mass is 9.68. The van der Waals surface area contributed by atoms with Crippen molar-refractivity contribution in [1.29, 1.82) is 0 Å². The lowest BCUT2D eigenvalue weighted by Gasteiger charge is -2.50. The summed E-state index contributed by atoms with van der Waals surface area (Å²) in [6.07, 6.45) is 0.788. The number of carbonyl (C=O) groups is 2. The molecule has 0 saturated carbocycles. The van der Waals surface area contributed by atoms with Gasteiger partial charge in [-0.25, -0.2) is 0 Å². The Bertz CT molecular complexity index is 779. The van der Waals surface area contributed by atoms with Gasteiger partial charge in [0.1, 0.15) is 0 Å². The van der Waals surface area contributed by atoms with E-state index in [9.17, 15) is 9.59 Å². The Morgan fingerprint density at radius 2 is 1.56 bits per heavy atom. The Morgan fingerprint density at radius 1 is 1.00 bits per heavy atom. The van der Waals surface area contributed by atoms with Gasteiger partial charge in [-0.2, -0.15) is 0 Å². The van der Waals surface area contributed by atoms with E-state index in [1.54, 1.807) is 19.0 Å². The lowest BCUT2D eigenvalue weighted by molar-refractivity contribution is -0.153. The van der Waals surface area contributed by atoms with Crippen molar-refractivity contribution in [2.24, 2.45) is 11.8 Å². The monoisotopic (exact) mass is 362 g/mol. The summed E-state index contributed by atoms with van der Waals surface area (Å²) in [6, 6.07) is 20.4. The third kappa shape index (κ3) is 3.19. The summed E-state index contributed by atoms with van der Waals surface area (Å²) in [4.78, 5) is 30.0. The number of benzene rings is 2. The zero-order chi connectivity index (χ0) is 19.0. The number of hydrogen-bond donors (Lipinski definition) is 0. The lowest BCUT2D eigenvalue weighted by Crippen LogP contribution is -2.63. The maximum atomic E-state index is 13.5. The van der Waals surface area contributed by atoms with Gasteiger partial charge in [-0.05, 0) is 24.1 Å². The zero-order valence-electron chi connectivity index (χ0n) is 15.9. The fourth-order valence-electron chi connectivity index (χ4n) is 4.80. The standard InChI is InChI=1S/C23H26N2O2/c1-24(2)23(27)19-15-25-14-13-18(19)22(26)21(25)20(16-9-5-3-6-10-16)17-11-7-4-8-12-17/h3-12,18-21H,13-15H2,1-2H3/t18-,19-,21?/m0/s1. The molecule has 0 aliphatic carbocycles. The molecule has 3 heterocycles. The van der Waals surface area contributed by atoms with Crippen molar-refractivity contribution in [3.05, 3.63) is 71.8 Å². The summed E-state index contributed by atoms with van der Waals surface area (Å²) in [5, 5.41) is 0.